The number of carbonyl (C=O) groups is 1. The molecule has 0 saturated heterocycles. The number of para-hydroxylation sites is 1. The summed E-state index contributed by atoms with van der Waals surface area (Å²) >= 11 is 0. The van der Waals surface area contributed by atoms with Gasteiger partial charge in [0.15, 0.2) is 0 Å². The average molecular weight is 360 g/mol. The van der Waals surface area contributed by atoms with Gasteiger partial charge in [-0.25, -0.2) is 4.98 Å². The molecule has 3 aromatic rings. The normalized spacial score (nSPS) is 10.7. The van der Waals surface area contributed by atoms with E-state index in [4.69, 9.17) is 0 Å². The minimum atomic E-state index is -0.157. The molecule has 0 atom stereocenters. The number of aryl methyl sites for hydroxylation is 1. The van der Waals surface area contributed by atoms with E-state index in [0.29, 0.717) is 23.8 Å². The van der Waals surface area contributed by atoms with Crippen molar-refractivity contribution < 1.29 is 4.79 Å². The molecule has 0 aliphatic heterocycles. The van der Waals surface area contributed by atoms with Crippen molar-refractivity contribution in [3.8, 4) is 0 Å². The van der Waals surface area contributed by atoms with Crippen LogP contribution in [-0.2, 0) is 6.54 Å². The maximum Gasteiger partial charge on any atom is 0.257 e. The molecule has 0 aliphatic rings. The van der Waals surface area contributed by atoms with Crippen LogP contribution in [0.4, 0.5) is 11.5 Å². The van der Waals surface area contributed by atoms with Crippen molar-refractivity contribution in [3.05, 3.63) is 83.3 Å². The largest absolute Gasteiger partial charge is 0.364 e. The summed E-state index contributed by atoms with van der Waals surface area (Å²) < 4.78 is 0. The maximum atomic E-state index is 12.7. The van der Waals surface area contributed by atoms with Gasteiger partial charge in [0, 0.05) is 18.1 Å². The van der Waals surface area contributed by atoms with Gasteiger partial charge in [-0.05, 0) is 48.2 Å². The Morgan fingerprint density at radius 1 is 1.04 bits per heavy atom. The van der Waals surface area contributed by atoms with Gasteiger partial charge in [0.2, 0.25) is 0 Å². The molecule has 5 heteroatoms. The van der Waals surface area contributed by atoms with Crippen molar-refractivity contribution in [1.29, 1.82) is 0 Å². The van der Waals surface area contributed by atoms with E-state index in [9.17, 15) is 4.79 Å². The summed E-state index contributed by atoms with van der Waals surface area (Å²) in [5.41, 5.74) is 4.52. The molecule has 3 rings (SSSR count). The predicted molar refractivity (Wildman–Crippen MR) is 109 cm³/mol. The Morgan fingerprint density at radius 2 is 1.89 bits per heavy atom. The van der Waals surface area contributed by atoms with Crippen molar-refractivity contribution in [2.75, 3.05) is 10.6 Å². The number of hydrogen-bond acceptors (Lipinski definition) is 4. The van der Waals surface area contributed by atoms with Crippen LogP contribution in [0.2, 0.25) is 0 Å². The molecule has 2 aromatic heterocycles. The van der Waals surface area contributed by atoms with Crippen LogP contribution in [0.1, 0.15) is 46.9 Å². The Hall–Kier alpha value is -3.21. The predicted octanol–water partition coefficient (Wildman–Crippen LogP) is 4.77. The summed E-state index contributed by atoms with van der Waals surface area (Å²) in [4.78, 5) is 21.2. The molecular weight excluding hydrogens is 336 g/mol. The number of nitrogens with zero attached hydrogens (tertiary/aromatic N) is 2. The molecular formula is C22H24N4O. The molecule has 138 valence electrons. The number of rotatable bonds is 6. The molecule has 0 unspecified atom stereocenters. The Morgan fingerprint density at radius 3 is 2.56 bits per heavy atom. The van der Waals surface area contributed by atoms with E-state index in [1.807, 2.05) is 37.3 Å². The first-order valence-electron chi connectivity index (χ1n) is 9.05. The highest BCUT2D eigenvalue weighted by Crippen LogP contribution is 2.27. The summed E-state index contributed by atoms with van der Waals surface area (Å²) in [6.45, 7) is 6.83. The van der Waals surface area contributed by atoms with Gasteiger partial charge < -0.3 is 10.6 Å². The maximum absolute atomic E-state index is 12.7. The van der Waals surface area contributed by atoms with Gasteiger partial charge in [0.05, 0.1) is 17.8 Å². The fourth-order valence-corrected chi connectivity index (χ4v) is 2.84. The molecule has 0 radical (unpaired) electrons. The summed E-state index contributed by atoms with van der Waals surface area (Å²) in [7, 11) is 0. The summed E-state index contributed by atoms with van der Waals surface area (Å²) in [6.07, 6.45) is 3.35. The lowest BCUT2D eigenvalue weighted by Gasteiger charge is -2.16. The van der Waals surface area contributed by atoms with Gasteiger partial charge in [0.1, 0.15) is 5.82 Å². The number of amides is 1. The first-order chi connectivity index (χ1) is 13.0. The van der Waals surface area contributed by atoms with Crippen LogP contribution in [0.5, 0.6) is 0 Å². The van der Waals surface area contributed by atoms with E-state index >= 15 is 0 Å². The number of pyridine rings is 2. The monoisotopic (exact) mass is 360 g/mol. The Balaban J connectivity index is 1.68. The molecule has 2 heterocycles. The van der Waals surface area contributed by atoms with Crippen molar-refractivity contribution in [1.82, 2.24) is 9.97 Å². The fourth-order valence-electron chi connectivity index (χ4n) is 2.84. The zero-order valence-corrected chi connectivity index (χ0v) is 15.9. The zero-order valence-electron chi connectivity index (χ0n) is 15.9. The lowest BCUT2D eigenvalue weighted by molar-refractivity contribution is 0.102. The molecule has 27 heavy (non-hydrogen) atoms. The van der Waals surface area contributed by atoms with Crippen LogP contribution in [0.3, 0.4) is 0 Å². The summed E-state index contributed by atoms with van der Waals surface area (Å²) in [5, 5.41) is 6.25. The van der Waals surface area contributed by atoms with Crippen LogP contribution in [0.15, 0.2) is 60.9 Å². The van der Waals surface area contributed by atoms with Crippen molar-refractivity contribution in [3.63, 3.8) is 0 Å². The molecule has 1 amide bonds. The summed E-state index contributed by atoms with van der Waals surface area (Å²) in [5.74, 6) is 0.877. The summed E-state index contributed by atoms with van der Waals surface area (Å²) in [6, 6.07) is 15.4. The molecule has 0 aliphatic carbocycles. The lowest BCUT2D eigenvalue weighted by atomic mass is 9.98. The number of aromatic nitrogens is 2. The van der Waals surface area contributed by atoms with E-state index < -0.39 is 0 Å². The van der Waals surface area contributed by atoms with Gasteiger partial charge in [-0.3, -0.25) is 9.78 Å². The van der Waals surface area contributed by atoms with E-state index in [2.05, 4.69) is 40.5 Å². The van der Waals surface area contributed by atoms with Crippen LogP contribution in [0.25, 0.3) is 0 Å². The first kappa shape index (κ1) is 18.6. The van der Waals surface area contributed by atoms with Gasteiger partial charge in [-0.2, -0.15) is 0 Å². The second-order valence-electron chi connectivity index (χ2n) is 6.75. The van der Waals surface area contributed by atoms with Gasteiger partial charge >= 0.3 is 0 Å². The average Bonchev–Trinajstić information content (AvgIpc) is 2.69. The third kappa shape index (κ3) is 4.70. The Bertz CT molecular complexity index is 905. The van der Waals surface area contributed by atoms with Gasteiger partial charge in [-0.15, -0.1) is 0 Å². The highest BCUT2D eigenvalue weighted by Gasteiger charge is 2.13. The number of nitrogens with one attached hydrogen (secondary N) is 2. The number of anilines is 2. The van der Waals surface area contributed by atoms with Crippen molar-refractivity contribution in [2.45, 2.75) is 33.2 Å². The quantitative estimate of drug-likeness (QED) is 0.664. The van der Waals surface area contributed by atoms with Crippen molar-refractivity contribution >= 4 is 17.4 Å². The van der Waals surface area contributed by atoms with E-state index in [-0.39, 0.29) is 5.91 Å². The number of hydrogen-bond donors (Lipinski definition) is 2. The Labute approximate surface area is 159 Å². The number of carbonyl (C=O) groups excluding carboxylic acids is 1. The third-order valence-electron chi connectivity index (χ3n) is 4.37. The molecule has 0 bridgehead atoms. The van der Waals surface area contributed by atoms with Gasteiger partial charge in [0.25, 0.3) is 5.91 Å². The first-order valence-corrected chi connectivity index (χ1v) is 9.05. The molecule has 5 nitrogen and oxygen atoms in total. The van der Waals surface area contributed by atoms with Gasteiger partial charge in [-0.1, -0.05) is 38.1 Å². The minimum absolute atomic E-state index is 0.157. The standard InChI is InChI=1S/C22H24N4O/c1-15(2)19-9-6-7-16(3)21(19)26-22(27)17-10-11-20(24-13-17)25-14-18-8-4-5-12-23-18/h4-13,15H,14H2,1-3H3,(H,24,25)(H,26,27). The van der Waals surface area contributed by atoms with E-state index in [0.717, 1.165) is 22.5 Å². The third-order valence-corrected chi connectivity index (χ3v) is 4.37. The van der Waals surface area contributed by atoms with Crippen LogP contribution in [0, 0.1) is 6.92 Å². The molecule has 1 aromatic carbocycles. The lowest BCUT2D eigenvalue weighted by Crippen LogP contribution is -2.15. The second kappa shape index (κ2) is 8.45. The molecule has 2 N–H and O–H groups in total. The van der Waals surface area contributed by atoms with Crippen LogP contribution < -0.4 is 10.6 Å². The Kier molecular flexibility index (Phi) is 5.81. The van der Waals surface area contributed by atoms with Crippen LogP contribution in [-0.4, -0.2) is 15.9 Å². The molecule has 0 fully saturated rings. The second-order valence-corrected chi connectivity index (χ2v) is 6.75. The SMILES string of the molecule is Cc1cccc(C(C)C)c1NC(=O)c1ccc(NCc2ccccn2)nc1. The molecule has 0 saturated carbocycles. The van der Waals surface area contributed by atoms with E-state index in [1.165, 1.54) is 0 Å². The minimum Gasteiger partial charge on any atom is -0.364 e. The highest BCUT2D eigenvalue weighted by molar-refractivity contribution is 6.05. The smallest absolute Gasteiger partial charge is 0.257 e. The highest BCUT2D eigenvalue weighted by atomic mass is 16.1. The number of benzene rings is 1. The van der Waals surface area contributed by atoms with Crippen LogP contribution >= 0.6 is 0 Å². The zero-order chi connectivity index (χ0) is 19.2. The van der Waals surface area contributed by atoms with Crippen molar-refractivity contribution in [2.24, 2.45) is 0 Å². The topological polar surface area (TPSA) is 66.9 Å². The van der Waals surface area contributed by atoms with E-state index in [1.54, 1.807) is 24.5 Å². The fraction of sp³-hybridized carbons (Fsp3) is 0.227. The molecule has 0 spiro atoms.